The summed E-state index contributed by atoms with van der Waals surface area (Å²) in [5, 5.41) is 13.9. The van der Waals surface area contributed by atoms with Gasteiger partial charge in [-0.05, 0) is 68.0 Å². The minimum absolute atomic E-state index is 0.0492. The average molecular weight is 382 g/mol. The Hall–Kier alpha value is -2.60. The highest BCUT2D eigenvalue weighted by Gasteiger charge is 2.48. The second-order valence-electron chi connectivity index (χ2n) is 8.07. The molecule has 2 aromatic rings. The molecule has 6 heteroatoms. The van der Waals surface area contributed by atoms with E-state index in [9.17, 15) is 14.7 Å². The molecule has 148 valence electrons. The summed E-state index contributed by atoms with van der Waals surface area (Å²) in [6.45, 7) is 4.49. The predicted molar refractivity (Wildman–Crippen MR) is 105 cm³/mol. The van der Waals surface area contributed by atoms with Gasteiger partial charge in [0.25, 0.3) is 0 Å². The average Bonchev–Trinajstić information content (AvgIpc) is 3.24. The first-order valence-electron chi connectivity index (χ1n) is 9.80. The fourth-order valence-electron chi connectivity index (χ4n) is 3.91. The van der Waals surface area contributed by atoms with Crippen molar-refractivity contribution in [2.45, 2.75) is 38.7 Å². The van der Waals surface area contributed by atoms with Gasteiger partial charge in [-0.2, -0.15) is 0 Å². The quantitative estimate of drug-likeness (QED) is 0.805. The van der Waals surface area contributed by atoms with Crippen LogP contribution in [0.15, 0.2) is 41.0 Å². The van der Waals surface area contributed by atoms with Gasteiger partial charge in [-0.25, -0.2) is 0 Å². The van der Waals surface area contributed by atoms with Crippen molar-refractivity contribution in [3.63, 3.8) is 0 Å². The summed E-state index contributed by atoms with van der Waals surface area (Å²) < 4.78 is 5.41. The van der Waals surface area contributed by atoms with E-state index >= 15 is 0 Å². The van der Waals surface area contributed by atoms with Crippen LogP contribution in [-0.2, 0) is 15.2 Å². The summed E-state index contributed by atoms with van der Waals surface area (Å²) in [5.41, 5.74) is 1.93. The summed E-state index contributed by atoms with van der Waals surface area (Å²) in [5.74, 6) is -0.0999. The molecular formula is C22H26N2O4. The molecule has 1 saturated heterocycles. The maximum atomic E-state index is 12.7. The number of aliphatic hydroxyl groups is 1. The lowest BCUT2D eigenvalue weighted by Gasteiger charge is -2.27. The summed E-state index contributed by atoms with van der Waals surface area (Å²) in [6.07, 6.45) is 3.54. The first-order valence-corrected chi connectivity index (χ1v) is 9.80. The zero-order valence-electron chi connectivity index (χ0n) is 16.3. The summed E-state index contributed by atoms with van der Waals surface area (Å²) in [6, 6.07) is 9.37. The van der Waals surface area contributed by atoms with E-state index in [1.54, 1.807) is 17.0 Å². The van der Waals surface area contributed by atoms with Crippen molar-refractivity contribution in [3.05, 3.63) is 53.5 Å². The molecule has 6 nitrogen and oxygen atoms in total. The number of anilines is 1. The van der Waals surface area contributed by atoms with Gasteiger partial charge in [0.15, 0.2) is 0 Å². The van der Waals surface area contributed by atoms with Gasteiger partial charge in [-0.15, -0.1) is 0 Å². The number of benzene rings is 1. The van der Waals surface area contributed by atoms with Gasteiger partial charge in [-0.1, -0.05) is 6.07 Å². The second-order valence-corrected chi connectivity index (χ2v) is 8.07. The maximum absolute atomic E-state index is 12.7. The molecule has 1 aromatic heterocycles. The molecular weight excluding hydrogens is 356 g/mol. The van der Waals surface area contributed by atoms with Crippen molar-refractivity contribution in [2.24, 2.45) is 11.8 Å². The van der Waals surface area contributed by atoms with Crippen LogP contribution in [0.5, 0.6) is 0 Å². The van der Waals surface area contributed by atoms with E-state index < -0.39 is 11.5 Å². The first-order chi connectivity index (χ1) is 13.4. The van der Waals surface area contributed by atoms with Crippen molar-refractivity contribution in [3.8, 4) is 0 Å². The maximum Gasteiger partial charge on any atom is 0.227 e. The Morgan fingerprint density at radius 3 is 2.71 bits per heavy atom. The minimum atomic E-state index is -1.18. The summed E-state index contributed by atoms with van der Waals surface area (Å²) in [4.78, 5) is 26.9. The fourth-order valence-corrected chi connectivity index (χ4v) is 3.91. The molecule has 2 aliphatic rings. The Labute approximate surface area is 164 Å². The molecule has 2 fully saturated rings. The highest BCUT2D eigenvalue weighted by molar-refractivity contribution is 6.00. The van der Waals surface area contributed by atoms with Crippen LogP contribution >= 0.6 is 0 Å². The molecule has 28 heavy (non-hydrogen) atoms. The largest absolute Gasteiger partial charge is 0.466 e. The van der Waals surface area contributed by atoms with E-state index in [0.717, 1.165) is 24.1 Å². The molecule has 0 bridgehead atoms. The van der Waals surface area contributed by atoms with Gasteiger partial charge >= 0.3 is 0 Å². The number of carbonyl (C=O) groups excluding carboxylic acids is 2. The molecule has 2 N–H and O–H groups in total. The third-order valence-electron chi connectivity index (χ3n) is 6.03. The number of nitrogens with zero attached hydrogens (tertiary/aromatic N) is 1. The van der Waals surface area contributed by atoms with Crippen molar-refractivity contribution in [1.82, 2.24) is 5.32 Å². The highest BCUT2D eigenvalue weighted by atomic mass is 16.4. The number of nitrogens with one attached hydrogen (secondary N) is 1. The topological polar surface area (TPSA) is 82.8 Å². The Morgan fingerprint density at radius 2 is 2.07 bits per heavy atom. The number of carbonyl (C=O) groups is 2. The van der Waals surface area contributed by atoms with Crippen molar-refractivity contribution >= 4 is 17.5 Å². The first kappa shape index (κ1) is 18.7. The standard InChI is InChI=1S/C22H26N2O4/c1-14-5-8-18(10-15(14)2)24-12-16(11-20(24)25)21(26)23-13-22(27,17-6-7-17)19-4-3-9-28-19/h3-5,8-10,16-17,27H,6-7,11-13H2,1-2H3,(H,23,26). The van der Waals surface area contributed by atoms with Gasteiger partial charge in [0, 0.05) is 18.7 Å². The Morgan fingerprint density at radius 1 is 1.29 bits per heavy atom. The zero-order valence-corrected chi connectivity index (χ0v) is 16.3. The predicted octanol–water partition coefficient (Wildman–Crippen LogP) is 2.66. The number of aryl methyl sites for hydroxylation is 2. The Kier molecular flexibility index (Phi) is 4.75. The van der Waals surface area contributed by atoms with E-state index in [-0.39, 0.29) is 30.7 Å². The van der Waals surface area contributed by atoms with Crippen LogP contribution in [0.2, 0.25) is 0 Å². The van der Waals surface area contributed by atoms with E-state index in [4.69, 9.17) is 4.42 Å². The van der Waals surface area contributed by atoms with Gasteiger partial charge < -0.3 is 19.7 Å². The van der Waals surface area contributed by atoms with E-state index in [0.29, 0.717) is 12.3 Å². The molecule has 0 radical (unpaired) electrons. The third-order valence-corrected chi connectivity index (χ3v) is 6.03. The van der Waals surface area contributed by atoms with Crippen LogP contribution in [-0.4, -0.2) is 30.0 Å². The Balaban J connectivity index is 1.41. The minimum Gasteiger partial charge on any atom is -0.466 e. The van der Waals surface area contributed by atoms with Crippen molar-refractivity contribution < 1.29 is 19.1 Å². The SMILES string of the molecule is Cc1ccc(N2CC(C(=O)NCC(O)(c3ccco3)C3CC3)CC2=O)cc1C. The summed E-state index contributed by atoms with van der Waals surface area (Å²) >= 11 is 0. The molecule has 2 unspecified atom stereocenters. The lowest BCUT2D eigenvalue weighted by molar-refractivity contribution is -0.127. The number of amides is 2. The van der Waals surface area contributed by atoms with E-state index in [2.05, 4.69) is 5.32 Å². The van der Waals surface area contributed by atoms with Crippen LogP contribution in [0.25, 0.3) is 0 Å². The molecule has 4 rings (SSSR count). The number of rotatable bonds is 6. The molecule has 1 aliphatic carbocycles. The van der Waals surface area contributed by atoms with Gasteiger partial charge in [-0.3, -0.25) is 9.59 Å². The van der Waals surface area contributed by atoms with Crippen molar-refractivity contribution in [1.29, 1.82) is 0 Å². The smallest absolute Gasteiger partial charge is 0.227 e. The molecule has 1 saturated carbocycles. The van der Waals surface area contributed by atoms with Crippen LogP contribution in [0.1, 0.15) is 36.1 Å². The lowest BCUT2D eigenvalue weighted by Crippen LogP contribution is -2.44. The van der Waals surface area contributed by atoms with Crippen LogP contribution in [0.4, 0.5) is 5.69 Å². The van der Waals surface area contributed by atoms with Crippen LogP contribution in [0, 0.1) is 25.7 Å². The van der Waals surface area contributed by atoms with Gasteiger partial charge in [0.2, 0.25) is 11.8 Å². The third kappa shape index (κ3) is 3.44. The normalized spacial score (nSPS) is 21.6. The second kappa shape index (κ2) is 7.09. The Bertz CT molecular complexity index is 888. The molecule has 2 amide bonds. The van der Waals surface area contributed by atoms with Crippen molar-refractivity contribution in [2.75, 3.05) is 18.0 Å². The monoisotopic (exact) mass is 382 g/mol. The molecule has 2 atom stereocenters. The van der Waals surface area contributed by atoms with E-state index in [1.807, 2.05) is 32.0 Å². The summed E-state index contributed by atoms with van der Waals surface area (Å²) in [7, 11) is 0. The number of furan rings is 1. The van der Waals surface area contributed by atoms with Gasteiger partial charge in [0.05, 0.1) is 18.7 Å². The number of hydrogen-bond donors (Lipinski definition) is 2. The lowest BCUT2D eigenvalue weighted by atomic mass is 9.94. The van der Waals surface area contributed by atoms with E-state index in [1.165, 1.54) is 11.8 Å². The van der Waals surface area contributed by atoms with Gasteiger partial charge in [0.1, 0.15) is 11.4 Å². The molecule has 1 aliphatic heterocycles. The highest BCUT2D eigenvalue weighted by Crippen LogP contribution is 2.45. The molecule has 0 spiro atoms. The zero-order chi connectivity index (χ0) is 19.9. The molecule has 2 heterocycles. The fraction of sp³-hybridized carbons (Fsp3) is 0.455. The number of hydrogen-bond acceptors (Lipinski definition) is 4. The molecule has 1 aromatic carbocycles. The van der Waals surface area contributed by atoms with Crippen LogP contribution < -0.4 is 10.2 Å². The van der Waals surface area contributed by atoms with Crippen LogP contribution in [0.3, 0.4) is 0 Å².